The molecule has 156 valence electrons. The number of para-hydroxylation sites is 1. The number of fused-ring (bicyclic) bond motifs is 1. The largest absolute Gasteiger partial charge is 0.457 e. The summed E-state index contributed by atoms with van der Waals surface area (Å²) in [6, 6.07) is 25.3. The first kappa shape index (κ1) is 19.4. The number of nitrogens with zero attached hydrogens (tertiary/aromatic N) is 4. The number of ether oxygens (including phenoxy) is 1. The third kappa shape index (κ3) is 4.46. The summed E-state index contributed by atoms with van der Waals surface area (Å²) in [5.41, 5.74) is 4.03. The van der Waals surface area contributed by atoms with Crippen molar-refractivity contribution in [2.75, 3.05) is 10.6 Å². The molecule has 2 N–H and O–H groups in total. The monoisotopic (exact) mass is 420 g/mol. The highest BCUT2D eigenvalue weighted by atomic mass is 16.5. The van der Waals surface area contributed by atoms with Gasteiger partial charge in [0, 0.05) is 23.8 Å². The molecule has 7 nitrogen and oxygen atoms in total. The molecule has 0 radical (unpaired) electrons. The second-order valence-corrected chi connectivity index (χ2v) is 7.18. The van der Waals surface area contributed by atoms with Gasteiger partial charge in [0.1, 0.15) is 11.5 Å². The minimum absolute atomic E-state index is 0.421. The van der Waals surface area contributed by atoms with E-state index in [-0.39, 0.29) is 0 Å². The van der Waals surface area contributed by atoms with Crippen molar-refractivity contribution in [2.45, 2.75) is 6.92 Å². The first-order valence-electron chi connectivity index (χ1n) is 10.2. The van der Waals surface area contributed by atoms with Gasteiger partial charge in [0.15, 0.2) is 17.0 Å². The molecule has 3 aromatic carbocycles. The minimum Gasteiger partial charge on any atom is -0.457 e. The number of aromatic nitrogens is 4. The summed E-state index contributed by atoms with van der Waals surface area (Å²) in [5.74, 6) is 2.54. The highest BCUT2D eigenvalue weighted by Gasteiger charge is 2.11. The van der Waals surface area contributed by atoms with Crippen molar-refractivity contribution in [3.05, 3.63) is 96.8 Å². The first-order valence-corrected chi connectivity index (χ1v) is 10.2. The van der Waals surface area contributed by atoms with Gasteiger partial charge in [0.2, 0.25) is 5.95 Å². The third-order valence-electron chi connectivity index (χ3n) is 4.74. The molecule has 0 bridgehead atoms. The molecule has 0 saturated heterocycles. The van der Waals surface area contributed by atoms with Crippen LogP contribution in [0.5, 0.6) is 11.5 Å². The third-order valence-corrected chi connectivity index (χ3v) is 4.74. The lowest BCUT2D eigenvalue weighted by atomic mass is 10.2. The Morgan fingerprint density at radius 2 is 1.31 bits per heavy atom. The molecule has 0 spiro atoms. The molecule has 32 heavy (non-hydrogen) atoms. The van der Waals surface area contributed by atoms with Crippen LogP contribution < -0.4 is 15.4 Å². The van der Waals surface area contributed by atoms with Crippen molar-refractivity contribution in [3.8, 4) is 11.5 Å². The van der Waals surface area contributed by atoms with Crippen LogP contribution in [0.15, 0.2) is 91.3 Å². The quantitative estimate of drug-likeness (QED) is 0.348. The summed E-state index contributed by atoms with van der Waals surface area (Å²) in [7, 11) is 0. The molecule has 0 fully saturated rings. The summed E-state index contributed by atoms with van der Waals surface area (Å²) in [6.07, 6.45) is 3.25. The molecule has 0 aliphatic rings. The Bertz CT molecular complexity index is 1340. The van der Waals surface area contributed by atoms with Crippen molar-refractivity contribution in [2.24, 2.45) is 0 Å². The highest BCUT2D eigenvalue weighted by molar-refractivity contribution is 5.86. The first-order chi connectivity index (χ1) is 15.7. The maximum absolute atomic E-state index is 5.85. The van der Waals surface area contributed by atoms with E-state index in [0.717, 1.165) is 22.9 Å². The summed E-state index contributed by atoms with van der Waals surface area (Å²) in [5, 5.41) is 6.56. The lowest BCUT2D eigenvalue weighted by Crippen LogP contribution is -2.04. The fourth-order valence-electron chi connectivity index (χ4n) is 3.14. The topological polar surface area (TPSA) is 84.9 Å². The molecule has 0 amide bonds. The van der Waals surface area contributed by atoms with Crippen LogP contribution in [0.2, 0.25) is 0 Å². The van der Waals surface area contributed by atoms with Crippen molar-refractivity contribution >= 4 is 34.3 Å². The Kier molecular flexibility index (Phi) is 5.28. The Morgan fingerprint density at radius 3 is 2.09 bits per heavy atom. The van der Waals surface area contributed by atoms with Crippen LogP contribution in [-0.2, 0) is 0 Å². The molecule has 0 aliphatic heterocycles. The zero-order chi connectivity index (χ0) is 21.8. The molecule has 5 rings (SSSR count). The van der Waals surface area contributed by atoms with E-state index < -0.39 is 0 Å². The second kappa shape index (κ2) is 8.69. The average Bonchev–Trinajstić information content (AvgIpc) is 2.83. The lowest BCUT2D eigenvalue weighted by molar-refractivity contribution is 0.483. The Balaban J connectivity index is 1.39. The predicted octanol–water partition coefficient (Wildman–Crippen LogP) is 6.01. The van der Waals surface area contributed by atoms with Crippen molar-refractivity contribution in [3.63, 3.8) is 0 Å². The van der Waals surface area contributed by atoms with Crippen LogP contribution in [0.4, 0.5) is 23.1 Å². The SMILES string of the molecule is Cc1ccc(Nc2nc(Nc3ccc(Oc4ccccc4)cc3)nc3nccnc23)cc1. The van der Waals surface area contributed by atoms with Gasteiger partial charge in [-0.2, -0.15) is 9.97 Å². The van der Waals surface area contributed by atoms with E-state index in [1.54, 1.807) is 12.4 Å². The van der Waals surface area contributed by atoms with Gasteiger partial charge in [-0.3, -0.25) is 0 Å². The Morgan fingerprint density at radius 1 is 0.656 bits per heavy atom. The normalized spacial score (nSPS) is 10.7. The summed E-state index contributed by atoms with van der Waals surface area (Å²) in [6.45, 7) is 2.05. The zero-order valence-corrected chi connectivity index (χ0v) is 17.4. The molecular formula is C25H20N6O. The number of benzene rings is 3. The Labute approximate surface area is 185 Å². The van der Waals surface area contributed by atoms with Gasteiger partial charge in [-0.05, 0) is 55.5 Å². The molecule has 2 heterocycles. The van der Waals surface area contributed by atoms with E-state index in [0.29, 0.717) is 22.9 Å². The molecule has 5 aromatic rings. The minimum atomic E-state index is 0.421. The fourth-order valence-corrected chi connectivity index (χ4v) is 3.14. The highest BCUT2D eigenvalue weighted by Crippen LogP contribution is 2.26. The number of hydrogen-bond donors (Lipinski definition) is 2. The van der Waals surface area contributed by atoms with Crippen LogP contribution in [0.3, 0.4) is 0 Å². The zero-order valence-electron chi connectivity index (χ0n) is 17.4. The maximum atomic E-state index is 5.85. The molecular weight excluding hydrogens is 400 g/mol. The van der Waals surface area contributed by atoms with Crippen LogP contribution in [0.1, 0.15) is 5.56 Å². The van der Waals surface area contributed by atoms with Gasteiger partial charge in [0.05, 0.1) is 0 Å². The summed E-state index contributed by atoms with van der Waals surface area (Å²) in [4.78, 5) is 17.9. The number of aryl methyl sites for hydroxylation is 1. The van der Waals surface area contributed by atoms with Gasteiger partial charge >= 0.3 is 0 Å². The van der Waals surface area contributed by atoms with E-state index in [1.165, 1.54) is 5.56 Å². The molecule has 2 aromatic heterocycles. The molecule has 0 saturated carbocycles. The van der Waals surface area contributed by atoms with Gasteiger partial charge in [-0.1, -0.05) is 35.9 Å². The number of anilines is 4. The van der Waals surface area contributed by atoms with E-state index in [1.807, 2.05) is 85.8 Å². The summed E-state index contributed by atoms with van der Waals surface area (Å²) < 4.78 is 5.85. The maximum Gasteiger partial charge on any atom is 0.231 e. The van der Waals surface area contributed by atoms with Crippen molar-refractivity contribution < 1.29 is 4.74 Å². The van der Waals surface area contributed by atoms with Crippen molar-refractivity contribution in [1.82, 2.24) is 19.9 Å². The molecule has 0 unspecified atom stereocenters. The van der Waals surface area contributed by atoms with Gasteiger partial charge in [0.25, 0.3) is 0 Å². The standard InChI is InChI=1S/C25H20N6O/c1-17-7-9-18(10-8-17)28-24-22-23(27-16-15-26-22)30-25(31-24)29-19-11-13-21(14-12-19)32-20-5-3-2-4-6-20/h2-16H,1H3,(H2,27,28,29,30,31). The van der Waals surface area contributed by atoms with E-state index in [4.69, 9.17) is 4.74 Å². The van der Waals surface area contributed by atoms with E-state index in [2.05, 4.69) is 30.6 Å². The fraction of sp³-hybridized carbons (Fsp3) is 0.0400. The number of nitrogens with one attached hydrogen (secondary N) is 2. The van der Waals surface area contributed by atoms with E-state index in [9.17, 15) is 0 Å². The predicted molar refractivity (Wildman–Crippen MR) is 126 cm³/mol. The van der Waals surface area contributed by atoms with Gasteiger partial charge in [-0.15, -0.1) is 0 Å². The second-order valence-electron chi connectivity index (χ2n) is 7.18. The summed E-state index contributed by atoms with van der Waals surface area (Å²) >= 11 is 0. The van der Waals surface area contributed by atoms with Crippen LogP contribution in [0, 0.1) is 6.92 Å². The van der Waals surface area contributed by atoms with Gasteiger partial charge < -0.3 is 15.4 Å². The van der Waals surface area contributed by atoms with Crippen LogP contribution in [-0.4, -0.2) is 19.9 Å². The van der Waals surface area contributed by atoms with Crippen LogP contribution >= 0.6 is 0 Å². The Hall–Kier alpha value is -4.52. The van der Waals surface area contributed by atoms with E-state index >= 15 is 0 Å². The molecule has 7 heteroatoms. The number of hydrogen-bond acceptors (Lipinski definition) is 7. The van der Waals surface area contributed by atoms with Crippen LogP contribution in [0.25, 0.3) is 11.2 Å². The smallest absolute Gasteiger partial charge is 0.231 e. The van der Waals surface area contributed by atoms with Gasteiger partial charge in [-0.25, -0.2) is 9.97 Å². The molecule has 0 aliphatic carbocycles. The molecule has 0 atom stereocenters. The average molecular weight is 420 g/mol. The van der Waals surface area contributed by atoms with Crippen molar-refractivity contribution in [1.29, 1.82) is 0 Å². The lowest BCUT2D eigenvalue weighted by Gasteiger charge is -2.11. The number of rotatable bonds is 6.